The summed E-state index contributed by atoms with van der Waals surface area (Å²) in [6, 6.07) is 0. The van der Waals surface area contributed by atoms with Gasteiger partial charge in [-0.05, 0) is 19.3 Å². The van der Waals surface area contributed by atoms with Crippen molar-refractivity contribution >= 4 is 25.7 Å². The van der Waals surface area contributed by atoms with Crippen molar-refractivity contribution in [1.82, 2.24) is 14.1 Å². The second kappa shape index (κ2) is 6.55. The number of rotatable bonds is 7. The Kier molecular flexibility index (Phi) is 5.13. The van der Waals surface area contributed by atoms with Crippen LogP contribution >= 0.6 is 0 Å². The van der Waals surface area contributed by atoms with Gasteiger partial charge in [-0.2, -0.15) is 5.10 Å². The van der Waals surface area contributed by atoms with Gasteiger partial charge in [-0.15, -0.1) is 0 Å². The zero-order valence-corrected chi connectivity index (χ0v) is 14.5. The van der Waals surface area contributed by atoms with Crippen LogP contribution in [0.15, 0.2) is 12.4 Å². The van der Waals surface area contributed by atoms with Crippen molar-refractivity contribution in [1.29, 1.82) is 0 Å². The minimum atomic E-state index is -3.55. The van der Waals surface area contributed by atoms with Gasteiger partial charge in [0.25, 0.3) is 0 Å². The summed E-state index contributed by atoms with van der Waals surface area (Å²) < 4.78 is 52.7. The Hall–Kier alpha value is -1.13. The van der Waals surface area contributed by atoms with Gasteiger partial charge in [0.1, 0.15) is 0 Å². The average Bonchev–Trinajstić information content (AvgIpc) is 3.08. The van der Waals surface area contributed by atoms with Crippen LogP contribution < -0.4 is 4.31 Å². The standard InChI is InChI=1S/C12H22N4O4S2/c1-14-11-12(10-13-14)15(2)21(17,18)8-5-9-22(19,20)16-6-3-4-7-16/h10-11H,3-9H2,1-2H3. The van der Waals surface area contributed by atoms with Crippen molar-refractivity contribution in [3.8, 4) is 0 Å². The molecule has 1 aromatic heterocycles. The summed E-state index contributed by atoms with van der Waals surface area (Å²) in [4.78, 5) is 0. The number of hydrogen-bond donors (Lipinski definition) is 0. The maximum Gasteiger partial charge on any atom is 0.235 e. The molecule has 0 aliphatic carbocycles. The molecule has 0 radical (unpaired) electrons. The Morgan fingerprint density at radius 3 is 2.36 bits per heavy atom. The molecule has 0 unspecified atom stereocenters. The highest BCUT2D eigenvalue weighted by Crippen LogP contribution is 2.17. The third-order valence-corrected chi connectivity index (χ3v) is 7.54. The Labute approximate surface area is 131 Å². The first-order valence-corrected chi connectivity index (χ1v) is 10.4. The normalized spacial score (nSPS) is 17.0. The third kappa shape index (κ3) is 3.99. The molecule has 2 heterocycles. The predicted octanol–water partition coefficient (Wildman–Crippen LogP) is 0.00180. The summed E-state index contributed by atoms with van der Waals surface area (Å²) >= 11 is 0. The molecule has 0 bridgehead atoms. The van der Waals surface area contributed by atoms with Gasteiger partial charge >= 0.3 is 0 Å². The number of hydrogen-bond acceptors (Lipinski definition) is 5. The summed E-state index contributed by atoms with van der Waals surface area (Å²) in [5.41, 5.74) is 0.463. The molecule has 0 saturated carbocycles. The van der Waals surface area contributed by atoms with E-state index in [1.807, 2.05) is 0 Å². The molecule has 0 aromatic carbocycles. The number of sulfonamides is 2. The number of aromatic nitrogens is 2. The van der Waals surface area contributed by atoms with E-state index in [9.17, 15) is 16.8 Å². The third-order valence-electron chi connectivity index (χ3n) is 3.74. The van der Waals surface area contributed by atoms with E-state index in [1.165, 1.54) is 22.2 Å². The van der Waals surface area contributed by atoms with E-state index in [0.29, 0.717) is 18.8 Å². The lowest BCUT2D eigenvalue weighted by molar-refractivity contribution is 0.476. The lowest BCUT2D eigenvalue weighted by Gasteiger charge is -2.18. The van der Waals surface area contributed by atoms with Gasteiger partial charge in [-0.1, -0.05) is 0 Å². The molecule has 8 nitrogen and oxygen atoms in total. The minimum absolute atomic E-state index is 0.0891. The van der Waals surface area contributed by atoms with E-state index in [-0.39, 0.29) is 17.9 Å². The number of nitrogens with zero attached hydrogens (tertiary/aromatic N) is 4. The SMILES string of the molecule is CN(c1cnn(C)c1)S(=O)(=O)CCCS(=O)(=O)N1CCCC1. The summed E-state index contributed by atoms with van der Waals surface area (Å²) in [5, 5.41) is 3.93. The van der Waals surface area contributed by atoms with Crippen LogP contribution in [0.4, 0.5) is 5.69 Å². The van der Waals surface area contributed by atoms with Gasteiger partial charge in [-0.3, -0.25) is 8.99 Å². The molecule has 1 fully saturated rings. The van der Waals surface area contributed by atoms with Gasteiger partial charge in [0.15, 0.2) is 0 Å². The Morgan fingerprint density at radius 1 is 1.18 bits per heavy atom. The first-order valence-electron chi connectivity index (χ1n) is 7.15. The molecule has 0 spiro atoms. The molecule has 22 heavy (non-hydrogen) atoms. The van der Waals surface area contributed by atoms with Crippen LogP contribution in [0.3, 0.4) is 0 Å². The topological polar surface area (TPSA) is 92.6 Å². The Balaban J connectivity index is 1.92. The molecule has 1 aliphatic rings. The van der Waals surface area contributed by atoms with E-state index in [1.54, 1.807) is 13.2 Å². The lowest BCUT2D eigenvalue weighted by Crippen LogP contribution is -2.33. The van der Waals surface area contributed by atoms with E-state index >= 15 is 0 Å². The minimum Gasteiger partial charge on any atom is -0.274 e. The maximum atomic E-state index is 12.2. The molecule has 10 heteroatoms. The molecule has 1 aromatic rings. The molecule has 2 rings (SSSR count). The van der Waals surface area contributed by atoms with E-state index in [0.717, 1.165) is 17.1 Å². The highest BCUT2D eigenvalue weighted by molar-refractivity contribution is 7.92. The van der Waals surface area contributed by atoms with Crippen molar-refractivity contribution in [2.24, 2.45) is 7.05 Å². The molecule has 0 N–H and O–H groups in total. The molecule has 0 atom stereocenters. The predicted molar refractivity (Wildman–Crippen MR) is 84.6 cm³/mol. The molecule has 1 saturated heterocycles. The van der Waals surface area contributed by atoms with Crippen LogP contribution in [0, 0.1) is 0 Å². The first kappa shape index (κ1) is 17.2. The lowest BCUT2D eigenvalue weighted by atomic mass is 10.4. The quantitative estimate of drug-likeness (QED) is 0.690. The van der Waals surface area contributed by atoms with Gasteiger partial charge in [0.2, 0.25) is 20.0 Å². The van der Waals surface area contributed by atoms with Gasteiger partial charge < -0.3 is 0 Å². The second-order valence-corrected chi connectivity index (χ2v) is 9.64. The fraction of sp³-hybridized carbons (Fsp3) is 0.750. The van der Waals surface area contributed by atoms with Crippen LogP contribution in [0.5, 0.6) is 0 Å². The van der Waals surface area contributed by atoms with Crippen molar-refractivity contribution in [3.05, 3.63) is 12.4 Å². The van der Waals surface area contributed by atoms with Crippen molar-refractivity contribution in [3.63, 3.8) is 0 Å². The number of anilines is 1. The highest BCUT2D eigenvalue weighted by Gasteiger charge is 2.26. The fourth-order valence-electron chi connectivity index (χ4n) is 2.39. The van der Waals surface area contributed by atoms with Crippen LogP contribution in [0.2, 0.25) is 0 Å². The summed E-state index contributed by atoms with van der Waals surface area (Å²) in [6.45, 7) is 1.09. The van der Waals surface area contributed by atoms with E-state index in [4.69, 9.17) is 0 Å². The molecule has 126 valence electrons. The zero-order valence-electron chi connectivity index (χ0n) is 12.8. The monoisotopic (exact) mass is 350 g/mol. The molecular weight excluding hydrogens is 328 g/mol. The molecule has 0 amide bonds. The van der Waals surface area contributed by atoms with E-state index < -0.39 is 20.0 Å². The summed E-state index contributed by atoms with van der Waals surface area (Å²) in [6.07, 6.45) is 4.89. The first-order chi connectivity index (χ1) is 10.2. The van der Waals surface area contributed by atoms with Gasteiger partial charge in [0.05, 0.1) is 23.4 Å². The van der Waals surface area contributed by atoms with Crippen LogP contribution in [0.25, 0.3) is 0 Å². The van der Waals surface area contributed by atoms with Crippen LogP contribution in [-0.2, 0) is 27.1 Å². The van der Waals surface area contributed by atoms with Crippen LogP contribution in [-0.4, -0.2) is 62.6 Å². The smallest absolute Gasteiger partial charge is 0.235 e. The average molecular weight is 350 g/mol. The summed E-state index contributed by atoms with van der Waals surface area (Å²) in [7, 11) is -3.74. The van der Waals surface area contributed by atoms with Crippen molar-refractivity contribution < 1.29 is 16.8 Å². The Morgan fingerprint density at radius 2 is 1.82 bits per heavy atom. The zero-order chi connectivity index (χ0) is 16.4. The largest absolute Gasteiger partial charge is 0.274 e. The Bertz CT molecular complexity index is 705. The van der Waals surface area contributed by atoms with Crippen LogP contribution in [0.1, 0.15) is 19.3 Å². The van der Waals surface area contributed by atoms with Gasteiger partial charge in [0, 0.05) is 33.4 Å². The maximum absolute atomic E-state index is 12.2. The van der Waals surface area contributed by atoms with Crippen molar-refractivity contribution in [2.75, 3.05) is 35.9 Å². The summed E-state index contributed by atoms with van der Waals surface area (Å²) in [5.74, 6) is -0.335. The number of aryl methyl sites for hydroxylation is 1. The van der Waals surface area contributed by atoms with E-state index in [2.05, 4.69) is 5.10 Å². The molecular formula is C12H22N4O4S2. The second-order valence-electron chi connectivity index (χ2n) is 5.43. The highest BCUT2D eigenvalue weighted by atomic mass is 32.2. The fourth-order valence-corrected chi connectivity index (χ4v) is 5.35. The van der Waals surface area contributed by atoms with Crippen molar-refractivity contribution in [2.45, 2.75) is 19.3 Å². The molecule has 1 aliphatic heterocycles. The van der Waals surface area contributed by atoms with Gasteiger partial charge in [-0.25, -0.2) is 21.1 Å².